The van der Waals surface area contributed by atoms with Crippen LogP contribution in [0.25, 0.3) is 0 Å². The average Bonchev–Trinajstić information content (AvgIpc) is 2.76. The van der Waals surface area contributed by atoms with Crippen LogP contribution in [0.5, 0.6) is 0 Å². The number of carbonyl (C=O) groups excluding carboxylic acids is 4. The molecule has 4 N–H and O–H groups in total. The minimum atomic E-state index is -1.05. The molecule has 0 spiro atoms. The number of alkyl carbamates (subject to hydrolysis) is 1. The number of rotatable bonds is 10. The van der Waals surface area contributed by atoms with E-state index in [0.717, 1.165) is 11.1 Å². The van der Waals surface area contributed by atoms with Gasteiger partial charge in [0.2, 0.25) is 5.91 Å². The molecule has 2 aromatic rings. The molecule has 0 unspecified atom stereocenters. The number of ether oxygens (including phenoxy) is 2. The van der Waals surface area contributed by atoms with Crippen molar-refractivity contribution in [3.8, 4) is 0 Å². The van der Waals surface area contributed by atoms with Gasteiger partial charge in [-0.25, -0.2) is 9.59 Å². The molecule has 0 radical (unpaired) electrons. The molecule has 31 heavy (non-hydrogen) atoms. The fraction of sp³-hybridized carbons (Fsp3) is 0.273. The van der Waals surface area contributed by atoms with Gasteiger partial charge in [-0.15, -0.1) is 0 Å². The zero-order valence-corrected chi connectivity index (χ0v) is 17.1. The third-order valence-electron chi connectivity index (χ3n) is 4.17. The highest BCUT2D eigenvalue weighted by molar-refractivity contribution is 5.90. The van der Waals surface area contributed by atoms with Crippen LogP contribution in [-0.2, 0) is 36.9 Å². The number of hydrogen-bond donors (Lipinski definition) is 3. The van der Waals surface area contributed by atoms with Gasteiger partial charge in [0.25, 0.3) is 5.91 Å². The van der Waals surface area contributed by atoms with Crippen molar-refractivity contribution in [2.45, 2.75) is 32.0 Å². The van der Waals surface area contributed by atoms with Crippen molar-refractivity contribution in [3.63, 3.8) is 0 Å². The number of nitrogens with one attached hydrogen (secondary N) is 2. The van der Waals surface area contributed by atoms with E-state index in [2.05, 4.69) is 10.6 Å². The van der Waals surface area contributed by atoms with E-state index < -0.39 is 42.6 Å². The highest BCUT2D eigenvalue weighted by Gasteiger charge is 2.26. The lowest BCUT2D eigenvalue weighted by molar-refractivity contribution is -0.150. The van der Waals surface area contributed by atoms with Gasteiger partial charge in [-0.3, -0.25) is 9.59 Å². The molecule has 0 heterocycles. The molecule has 3 amide bonds. The standard InChI is InChI=1S/C22H25N3O6/c1-15(21(28)30-14-19(23)26)24-20(27)18(12-16-8-4-2-5-9-16)25-22(29)31-13-17-10-6-3-7-11-17/h2-11,15,18H,12-14H2,1H3,(H2,23,26)(H,24,27)(H,25,29)/t15-,18-/m0/s1. The van der Waals surface area contributed by atoms with Gasteiger partial charge in [-0.2, -0.15) is 0 Å². The molecule has 0 saturated carbocycles. The van der Waals surface area contributed by atoms with Crippen molar-refractivity contribution in [3.05, 3.63) is 71.8 Å². The highest BCUT2D eigenvalue weighted by atomic mass is 16.5. The fourth-order valence-electron chi connectivity index (χ4n) is 2.61. The van der Waals surface area contributed by atoms with E-state index >= 15 is 0 Å². The Morgan fingerprint density at radius 2 is 1.45 bits per heavy atom. The lowest BCUT2D eigenvalue weighted by Gasteiger charge is -2.20. The summed E-state index contributed by atoms with van der Waals surface area (Å²) in [5.41, 5.74) is 6.54. The van der Waals surface area contributed by atoms with E-state index in [0.29, 0.717) is 0 Å². The van der Waals surface area contributed by atoms with Crippen molar-refractivity contribution in [2.24, 2.45) is 5.73 Å². The summed E-state index contributed by atoms with van der Waals surface area (Å²) in [6, 6.07) is 16.1. The molecule has 9 heteroatoms. The van der Waals surface area contributed by atoms with Crippen LogP contribution < -0.4 is 16.4 Å². The molecule has 0 aliphatic rings. The molecule has 0 aromatic heterocycles. The topological polar surface area (TPSA) is 137 Å². The Labute approximate surface area is 179 Å². The Kier molecular flexibility index (Phi) is 9.03. The summed E-state index contributed by atoms with van der Waals surface area (Å²) >= 11 is 0. The first kappa shape index (κ1) is 23.4. The smallest absolute Gasteiger partial charge is 0.408 e. The molecule has 0 bridgehead atoms. The van der Waals surface area contributed by atoms with Crippen LogP contribution in [0.15, 0.2) is 60.7 Å². The van der Waals surface area contributed by atoms with Gasteiger partial charge in [-0.1, -0.05) is 60.7 Å². The summed E-state index contributed by atoms with van der Waals surface area (Å²) in [7, 11) is 0. The average molecular weight is 427 g/mol. The molecule has 9 nitrogen and oxygen atoms in total. The number of benzene rings is 2. The summed E-state index contributed by atoms with van der Waals surface area (Å²) in [6.45, 7) is 0.854. The van der Waals surface area contributed by atoms with Gasteiger partial charge in [-0.05, 0) is 18.1 Å². The first-order chi connectivity index (χ1) is 14.8. The lowest BCUT2D eigenvalue weighted by Crippen LogP contribution is -2.52. The molecule has 0 aliphatic carbocycles. The fourth-order valence-corrected chi connectivity index (χ4v) is 2.61. The van der Waals surface area contributed by atoms with Gasteiger partial charge in [0.15, 0.2) is 6.61 Å². The zero-order valence-electron chi connectivity index (χ0n) is 17.1. The van der Waals surface area contributed by atoms with Crippen LogP contribution in [0.3, 0.4) is 0 Å². The predicted molar refractivity (Wildman–Crippen MR) is 111 cm³/mol. The first-order valence-electron chi connectivity index (χ1n) is 9.61. The van der Waals surface area contributed by atoms with E-state index in [4.69, 9.17) is 15.2 Å². The Balaban J connectivity index is 1.99. The molecule has 0 fully saturated rings. The van der Waals surface area contributed by atoms with Crippen molar-refractivity contribution in [2.75, 3.05) is 6.61 Å². The van der Waals surface area contributed by atoms with E-state index in [-0.39, 0.29) is 13.0 Å². The number of nitrogens with two attached hydrogens (primary N) is 1. The van der Waals surface area contributed by atoms with Gasteiger partial charge < -0.3 is 25.8 Å². The number of carbonyl (C=O) groups is 4. The molecule has 0 saturated heterocycles. The SMILES string of the molecule is C[C@H](NC(=O)[C@H](Cc1ccccc1)NC(=O)OCc1ccccc1)C(=O)OCC(N)=O. The molecule has 2 atom stereocenters. The third-order valence-corrected chi connectivity index (χ3v) is 4.17. The number of hydrogen-bond acceptors (Lipinski definition) is 6. The Morgan fingerprint density at radius 3 is 2.03 bits per heavy atom. The predicted octanol–water partition coefficient (Wildman–Crippen LogP) is 1.06. The Bertz CT molecular complexity index is 889. The van der Waals surface area contributed by atoms with E-state index in [9.17, 15) is 19.2 Å². The monoisotopic (exact) mass is 427 g/mol. The third kappa shape index (κ3) is 8.57. The second-order valence-corrected chi connectivity index (χ2v) is 6.75. The molecule has 0 aliphatic heterocycles. The van der Waals surface area contributed by atoms with Crippen molar-refractivity contribution in [1.82, 2.24) is 10.6 Å². The van der Waals surface area contributed by atoms with Crippen LogP contribution in [0.2, 0.25) is 0 Å². The van der Waals surface area contributed by atoms with Gasteiger partial charge in [0, 0.05) is 6.42 Å². The highest BCUT2D eigenvalue weighted by Crippen LogP contribution is 2.06. The van der Waals surface area contributed by atoms with Crippen LogP contribution in [-0.4, -0.2) is 42.6 Å². The first-order valence-corrected chi connectivity index (χ1v) is 9.61. The summed E-state index contributed by atoms with van der Waals surface area (Å²) in [4.78, 5) is 47.6. The van der Waals surface area contributed by atoms with E-state index in [1.807, 2.05) is 48.5 Å². The van der Waals surface area contributed by atoms with Crippen LogP contribution >= 0.6 is 0 Å². The summed E-state index contributed by atoms with van der Waals surface area (Å²) < 4.78 is 9.88. The molecule has 2 aromatic carbocycles. The van der Waals surface area contributed by atoms with Crippen molar-refractivity contribution < 1.29 is 28.7 Å². The van der Waals surface area contributed by atoms with Gasteiger partial charge in [0.05, 0.1) is 0 Å². The van der Waals surface area contributed by atoms with Gasteiger partial charge >= 0.3 is 12.1 Å². The molecule has 164 valence electrons. The van der Waals surface area contributed by atoms with Crippen molar-refractivity contribution >= 4 is 23.9 Å². The maximum atomic E-state index is 12.7. The maximum Gasteiger partial charge on any atom is 0.408 e. The largest absolute Gasteiger partial charge is 0.454 e. The summed E-state index contributed by atoms with van der Waals surface area (Å²) in [6.07, 6.45) is -0.597. The summed E-state index contributed by atoms with van der Waals surface area (Å²) in [5.74, 6) is -2.24. The van der Waals surface area contributed by atoms with E-state index in [1.165, 1.54) is 6.92 Å². The van der Waals surface area contributed by atoms with Crippen LogP contribution in [0, 0.1) is 0 Å². The molecule has 2 rings (SSSR count). The maximum absolute atomic E-state index is 12.7. The summed E-state index contributed by atoms with van der Waals surface area (Å²) in [5, 5.41) is 5.00. The lowest BCUT2D eigenvalue weighted by atomic mass is 10.1. The minimum absolute atomic E-state index is 0.0438. The Morgan fingerprint density at radius 1 is 0.871 bits per heavy atom. The van der Waals surface area contributed by atoms with Crippen molar-refractivity contribution in [1.29, 1.82) is 0 Å². The normalized spacial score (nSPS) is 12.2. The second kappa shape index (κ2) is 12.0. The number of primary amides is 1. The van der Waals surface area contributed by atoms with Gasteiger partial charge in [0.1, 0.15) is 18.7 Å². The minimum Gasteiger partial charge on any atom is -0.454 e. The quantitative estimate of drug-likeness (QED) is 0.485. The number of amides is 3. The number of esters is 1. The zero-order chi connectivity index (χ0) is 22.6. The van der Waals surface area contributed by atoms with Crippen LogP contribution in [0.1, 0.15) is 18.1 Å². The van der Waals surface area contributed by atoms with Crippen LogP contribution in [0.4, 0.5) is 4.79 Å². The Hall–Kier alpha value is -3.88. The molecular formula is C22H25N3O6. The second-order valence-electron chi connectivity index (χ2n) is 6.75. The van der Waals surface area contributed by atoms with E-state index in [1.54, 1.807) is 12.1 Å². The molecular weight excluding hydrogens is 402 g/mol.